The fraction of sp³-hybridized carbons (Fsp3) is 0.857. The van der Waals surface area contributed by atoms with Crippen LogP contribution in [0.3, 0.4) is 0 Å². The zero-order valence-corrected chi connectivity index (χ0v) is 13.5. The van der Waals surface area contributed by atoms with E-state index in [1.165, 1.54) is 13.8 Å². The average Bonchev–Trinajstić information content (AvgIpc) is 2.89. The van der Waals surface area contributed by atoms with Crippen molar-refractivity contribution in [2.75, 3.05) is 13.2 Å². The Morgan fingerprint density at radius 1 is 1.33 bits per heavy atom. The summed E-state index contributed by atoms with van der Waals surface area (Å²) in [4.78, 5) is 12.9. The van der Waals surface area contributed by atoms with E-state index in [1.807, 2.05) is 0 Å². The fourth-order valence-electron chi connectivity index (χ4n) is 3.80. The second-order valence-electron chi connectivity index (χ2n) is 6.95. The van der Waals surface area contributed by atoms with E-state index >= 15 is 0 Å². The van der Waals surface area contributed by atoms with E-state index in [4.69, 9.17) is 4.74 Å². The van der Waals surface area contributed by atoms with Gasteiger partial charge in [0.2, 0.25) is 5.91 Å². The van der Waals surface area contributed by atoms with Gasteiger partial charge in [-0.05, 0) is 30.6 Å². The summed E-state index contributed by atoms with van der Waals surface area (Å²) >= 11 is 0. The molecule has 1 saturated heterocycles. The van der Waals surface area contributed by atoms with E-state index in [2.05, 4.69) is 25.9 Å². The van der Waals surface area contributed by atoms with Crippen LogP contribution in [0.25, 0.3) is 0 Å². The summed E-state index contributed by atoms with van der Waals surface area (Å²) in [6.45, 7) is 3.80. The Hall–Kier alpha value is -1.71. The van der Waals surface area contributed by atoms with Crippen LogP contribution >= 0.6 is 0 Å². The van der Waals surface area contributed by atoms with Crippen LogP contribution < -0.4 is 5.32 Å². The molecule has 0 radical (unpaired) electrons. The molecule has 2 fully saturated rings. The molecular weight excluding hydrogens is 327 g/mol. The van der Waals surface area contributed by atoms with Crippen molar-refractivity contribution in [1.82, 2.24) is 25.9 Å². The van der Waals surface area contributed by atoms with E-state index in [1.54, 1.807) is 0 Å². The summed E-state index contributed by atoms with van der Waals surface area (Å²) in [5.41, 5.74) is -1.62. The van der Waals surface area contributed by atoms with Gasteiger partial charge in [-0.25, -0.2) is 0 Å². The minimum Gasteiger partial charge on any atom is -0.381 e. The first-order valence-corrected chi connectivity index (χ1v) is 7.92. The lowest BCUT2D eigenvalue weighted by Crippen LogP contribution is -2.53. The average molecular weight is 347 g/mol. The topological polar surface area (TPSA) is 92.8 Å². The number of aromatic amines is 1. The molecule has 1 aromatic heterocycles. The van der Waals surface area contributed by atoms with Crippen molar-refractivity contribution in [2.45, 2.75) is 50.7 Å². The van der Waals surface area contributed by atoms with Crippen LogP contribution in [0.15, 0.2) is 0 Å². The second kappa shape index (κ2) is 5.68. The molecule has 24 heavy (non-hydrogen) atoms. The summed E-state index contributed by atoms with van der Waals surface area (Å²) in [7, 11) is 0. The maximum absolute atomic E-state index is 13.2. The largest absolute Gasteiger partial charge is 0.408 e. The molecule has 134 valence electrons. The fourth-order valence-corrected chi connectivity index (χ4v) is 3.80. The summed E-state index contributed by atoms with van der Waals surface area (Å²) in [6.07, 6.45) is -2.92. The van der Waals surface area contributed by atoms with Crippen LogP contribution in [-0.4, -0.2) is 52.0 Å². The highest BCUT2D eigenvalue weighted by molar-refractivity contribution is 5.92. The van der Waals surface area contributed by atoms with Gasteiger partial charge in [0.25, 0.3) is 0 Å². The standard InChI is InChI=1S/C14H20F3N5O2/c1-8(2)9(14(15,16)17)18-11(23)13(10-19-21-22-20-10)7-12(13)3-5-24-6-4-12/h8-9H,3-7H2,1-2H3,(H,18,23)(H,19,20,21,22). The number of alkyl halides is 3. The first-order valence-electron chi connectivity index (χ1n) is 7.92. The number of tetrazole rings is 1. The molecule has 2 atom stereocenters. The maximum atomic E-state index is 13.2. The van der Waals surface area contributed by atoms with Gasteiger partial charge in [-0.3, -0.25) is 4.79 Å². The first kappa shape index (κ1) is 17.1. The van der Waals surface area contributed by atoms with E-state index in [-0.39, 0.29) is 5.82 Å². The predicted octanol–water partition coefficient (Wildman–Crippen LogP) is 1.34. The third-order valence-corrected chi connectivity index (χ3v) is 5.25. The maximum Gasteiger partial charge on any atom is 0.408 e. The van der Waals surface area contributed by atoms with Crippen LogP contribution in [0.5, 0.6) is 0 Å². The Morgan fingerprint density at radius 2 is 2.00 bits per heavy atom. The Balaban J connectivity index is 1.89. The quantitative estimate of drug-likeness (QED) is 0.857. The van der Waals surface area contributed by atoms with Crippen molar-refractivity contribution in [1.29, 1.82) is 0 Å². The molecule has 1 saturated carbocycles. The van der Waals surface area contributed by atoms with Gasteiger partial charge in [0.1, 0.15) is 11.5 Å². The molecule has 1 amide bonds. The molecule has 1 spiro atoms. The normalized spacial score (nSPS) is 27.2. The highest BCUT2D eigenvalue weighted by atomic mass is 19.4. The summed E-state index contributed by atoms with van der Waals surface area (Å²) in [6, 6.07) is -1.91. The van der Waals surface area contributed by atoms with E-state index < -0.39 is 34.9 Å². The number of rotatable bonds is 4. The van der Waals surface area contributed by atoms with Crippen LogP contribution in [-0.2, 0) is 14.9 Å². The predicted molar refractivity (Wildman–Crippen MR) is 75.8 cm³/mol. The minimum atomic E-state index is -4.51. The zero-order valence-electron chi connectivity index (χ0n) is 13.5. The SMILES string of the molecule is CC(C)C(NC(=O)C1(c2nn[nH]n2)CC12CCOCC2)C(F)(F)F. The Labute approximate surface area is 136 Å². The van der Waals surface area contributed by atoms with Crippen LogP contribution in [0.4, 0.5) is 13.2 Å². The van der Waals surface area contributed by atoms with Crippen molar-refractivity contribution in [3.63, 3.8) is 0 Å². The lowest BCUT2D eigenvalue weighted by Gasteiger charge is -2.30. The van der Waals surface area contributed by atoms with E-state index in [9.17, 15) is 18.0 Å². The lowest BCUT2D eigenvalue weighted by atomic mass is 9.84. The number of ether oxygens (including phenoxy) is 1. The van der Waals surface area contributed by atoms with E-state index in [0.717, 1.165) is 0 Å². The van der Waals surface area contributed by atoms with Crippen molar-refractivity contribution in [2.24, 2.45) is 11.3 Å². The molecule has 0 bridgehead atoms. The third-order valence-electron chi connectivity index (χ3n) is 5.25. The molecule has 7 nitrogen and oxygen atoms in total. The number of halogens is 3. The van der Waals surface area contributed by atoms with Crippen molar-refractivity contribution in [3.05, 3.63) is 5.82 Å². The molecule has 1 aliphatic heterocycles. The molecule has 2 unspecified atom stereocenters. The van der Waals surface area contributed by atoms with Gasteiger partial charge in [-0.1, -0.05) is 19.1 Å². The number of nitrogens with zero attached hydrogens (tertiary/aromatic N) is 3. The molecule has 2 heterocycles. The van der Waals surface area contributed by atoms with Crippen LogP contribution in [0.2, 0.25) is 0 Å². The lowest BCUT2D eigenvalue weighted by molar-refractivity contribution is -0.171. The van der Waals surface area contributed by atoms with Gasteiger partial charge >= 0.3 is 6.18 Å². The number of hydrogen-bond donors (Lipinski definition) is 2. The minimum absolute atomic E-state index is 0.159. The number of H-pyrrole nitrogens is 1. The molecule has 10 heteroatoms. The van der Waals surface area contributed by atoms with Gasteiger partial charge in [-0.15, -0.1) is 10.2 Å². The Kier molecular flexibility index (Phi) is 4.05. The van der Waals surface area contributed by atoms with Gasteiger partial charge in [0.15, 0.2) is 5.82 Å². The smallest absolute Gasteiger partial charge is 0.381 e. The van der Waals surface area contributed by atoms with Crippen LogP contribution in [0.1, 0.15) is 38.9 Å². The highest BCUT2D eigenvalue weighted by Gasteiger charge is 2.75. The molecule has 1 aliphatic carbocycles. The van der Waals surface area contributed by atoms with Gasteiger partial charge < -0.3 is 10.1 Å². The Bertz CT molecular complexity index is 598. The van der Waals surface area contributed by atoms with E-state index in [0.29, 0.717) is 32.5 Å². The number of hydrogen-bond acceptors (Lipinski definition) is 5. The molecule has 3 rings (SSSR count). The molecular formula is C14H20F3N5O2. The zero-order chi connectivity index (χ0) is 17.6. The highest BCUT2D eigenvalue weighted by Crippen LogP contribution is 2.68. The van der Waals surface area contributed by atoms with Gasteiger partial charge in [0.05, 0.1) is 0 Å². The Morgan fingerprint density at radius 3 is 2.50 bits per heavy atom. The number of amides is 1. The van der Waals surface area contributed by atoms with Crippen molar-refractivity contribution in [3.8, 4) is 0 Å². The number of nitrogens with one attached hydrogen (secondary N) is 2. The summed E-state index contributed by atoms with van der Waals surface area (Å²) in [5, 5.41) is 15.8. The van der Waals surface area contributed by atoms with Crippen LogP contribution in [0, 0.1) is 11.3 Å². The number of carbonyl (C=O) groups is 1. The summed E-state index contributed by atoms with van der Waals surface area (Å²) in [5.74, 6) is -1.30. The summed E-state index contributed by atoms with van der Waals surface area (Å²) < 4.78 is 45.0. The van der Waals surface area contributed by atoms with Gasteiger partial charge in [-0.2, -0.15) is 18.4 Å². The van der Waals surface area contributed by atoms with Gasteiger partial charge in [0, 0.05) is 13.2 Å². The monoisotopic (exact) mass is 347 g/mol. The number of carbonyl (C=O) groups excluding carboxylic acids is 1. The van der Waals surface area contributed by atoms with Crippen molar-refractivity contribution < 1.29 is 22.7 Å². The first-order chi connectivity index (χ1) is 11.2. The number of aromatic nitrogens is 4. The molecule has 2 aliphatic rings. The second-order valence-corrected chi connectivity index (χ2v) is 6.95. The molecule has 1 aromatic rings. The molecule has 2 N–H and O–H groups in total. The molecule has 0 aromatic carbocycles. The third kappa shape index (κ3) is 2.56. The van der Waals surface area contributed by atoms with Crippen molar-refractivity contribution >= 4 is 5.91 Å².